The van der Waals surface area contributed by atoms with E-state index in [0.29, 0.717) is 17.9 Å². The van der Waals surface area contributed by atoms with Crippen molar-refractivity contribution in [1.82, 2.24) is 15.5 Å². The maximum Gasteiger partial charge on any atom is 0.229 e. The largest absolute Gasteiger partial charge is 0.339 e. The molecule has 2 unspecified atom stereocenters. The number of rotatable bonds is 2. The van der Waals surface area contributed by atoms with E-state index in [4.69, 9.17) is 9.51 Å². The smallest absolute Gasteiger partial charge is 0.229 e. The Morgan fingerprint density at radius 3 is 2.62 bits per heavy atom. The van der Waals surface area contributed by atoms with Crippen molar-refractivity contribution in [2.24, 2.45) is 0 Å². The van der Waals surface area contributed by atoms with E-state index in [9.17, 15) is 0 Å². The third-order valence-electron chi connectivity index (χ3n) is 4.85. The first kappa shape index (κ1) is 13.0. The Kier molecular flexibility index (Phi) is 3.26. The molecule has 1 aromatic heterocycles. The summed E-state index contributed by atoms with van der Waals surface area (Å²) in [5.74, 6) is 2.55. The molecule has 0 spiro atoms. The summed E-state index contributed by atoms with van der Waals surface area (Å²) in [5, 5.41) is 7.74. The van der Waals surface area contributed by atoms with Gasteiger partial charge in [0.15, 0.2) is 5.82 Å². The van der Waals surface area contributed by atoms with E-state index < -0.39 is 0 Å². The molecule has 1 fully saturated rings. The summed E-state index contributed by atoms with van der Waals surface area (Å²) < 4.78 is 5.57. The van der Waals surface area contributed by atoms with Crippen LogP contribution in [0.3, 0.4) is 0 Å². The molecule has 1 aliphatic heterocycles. The number of piperidine rings is 1. The Labute approximate surface area is 124 Å². The van der Waals surface area contributed by atoms with Crippen LogP contribution in [0, 0.1) is 0 Å². The number of benzene rings is 1. The Morgan fingerprint density at radius 1 is 1.14 bits per heavy atom. The van der Waals surface area contributed by atoms with Gasteiger partial charge in [-0.2, -0.15) is 4.98 Å². The Morgan fingerprint density at radius 2 is 1.90 bits per heavy atom. The zero-order valence-electron chi connectivity index (χ0n) is 12.4. The molecule has 0 saturated carbocycles. The van der Waals surface area contributed by atoms with Crippen LogP contribution in [0.15, 0.2) is 28.8 Å². The normalized spacial score (nSPS) is 26.0. The third kappa shape index (κ3) is 2.48. The molecular weight excluding hydrogens is 262 g/mol. The van der Waals surface area contributed by atoms with Crippen molar-refractivity contribution in [3.8, 4) is 0 Å². The van der Waals surface area contributed by atoms with Crippen LogP contribution >= 0.6 is 0 Å². The maximum atomic E-state index is 5.57. The number of nitrogens with one attached hydrogen (secondary N) is 1. The van der Waals surface area contributed by atoms with Crippen molar-refractivity contribution < 1.29 is 4.52 Å². The molecule has 2 atom stereocenters. The molecule has 1 aromatic carbocycles. The highest BCUT2D eigenvalue weighted by Gasteiger charge is 2.29. The van der Waals surface area contributed by atoms with Crippen molar-refractivity contribution in [3.05, 3.63) is 47.1 Å². The average Bonchev–Trinajstić information content (AvgIpc) is 3.14. The molecule has 0 amide bonds. The SMILES string of the molecule is CC1CC(c2nc(C3Cc4ccccc4C3)no2)CCN1. The lowest BCUT2D eigenvalue weighted by Gasteiger charge is -2.25. The standard InChI is InChI=1S/C17H21N3O/c1-11-8-14(6-7-18-11)17-19-16(20-21-17)15-9-12-4-2-3-5-13(12)10-15/h2-5,11,14-15,18H,6-10H2,1H3. The van der Waals surface area contributed by atoms with E-state index in [1.54, 1.807) is 0 Å². The summed E-state index contributed by atoms with van der Waals surface area (Å²) in [4.78, 5) is 4.73. The van der Waals surface area contributed by atoms with Crippen molar-refractivity contribution >= 4 is 0 Å². The molecule has 2 aromatic rings. The molecule has 21 heavy (non-hydrogen) atoms. The molecule has 1 saturated heterocycles. The molecule has 1 aliphatic carbocycles. The van der Waals surface area contributed by atoms with E-state index in [1.165, 1.54) is 11.1 Å². The molecule has 0 bridgehead atoms. The lowest BCUT2D eigenvalue weighted by molar-refractivity contribution is 0.293. The monoisotopic (exact) mass is 283 g/mol. The van der Waals surface area contributed by atoms with Gasteiger partial charge < -0.3 is 9.84 Å². The number of aromatic nitrogens is 2. The van der Waals surface area contributed by atoms with Crippen molar-refractivity contribution in [2.45, 2.75) is 50.5 Å². The van der Waals surface area contributed by atoms with E-state index in [2.05, 4.69) is 41.7 Å². The van der Waals surface area contributed by atoms with Crippen LogP contribution in [-0.4, -0.2) is 22.7 Å². The molecular formula is C17H21N3O. The van der Waals surface area contributed by atoms with Crippen LogP contribution in [0.1, 0.15) is 54.4 Å². The van der Waals surface area contributed by atoms with Crippen LogP contribution in [0.2, 0.25) is 0 Å². The first-order valence-corrected chi connectivity index (χ1v) is 7.93. The number of hydrogen-bond acceptors (Lipinski definition) is 4. The van der Waals surface area contributed by atoms with E-state index >= 15 is 0 Å². The van der Waals surface area contributed by atoms with E-state index in [1.807, 2.05) is 0 Å². The highest BCUT2D eigenvalue weighted by Crippen LogP contribution is 2.34. The lowest BCUT2D eigenvalue weighted by atomic mass is 9.93. The Bertz CT molecular complexity index is 611. The predicted molar refractivity (Wildman–Crippen MR) is 80.3 cm³/mol. The minimum absolute atomic E-state index is 0.388. The lowest BCUT2D eigenvalue weighted by Crippen LogP contribution is -2.34. The second-order valence-electron chi connectivity index (χ2n) is 6.44. The van der Waals surface area contributed by atoms with Crippen molar-refractivity contribution in [1.29, 1.82) is 0 Å². The highest BCUT2D eigenvalue weighted by molar-refractivity contribution is 5.34. The first-order valence-electron chi connectivity index (χ1n) is 7.93. The molecule has 2 heterocycles. The molecule has 0 radical (unpaired) electrons. The minimum atomic E-state index is 0.388. The first-order chi connectivity index (χ1) is 10.3. The molecule has 4 nitrogen and oxygen atoms in total. The summed E-state index contributed by atoms with van der Waals surface area (Å²) in [6.45, 7) is 3.26. The number of hydrogen-bond donors (Lipinski definition) is 1. The van der Waals surface area contributed by atoms with Crippen LogP contribution in [0.5, 0.6) is 0 Å². The topological polar surface area (TPSA) is 51.0 Å². The fraction of sp³-hybridized carbons (Fsp3) is 0.529. The molecule has 110 valence electrons. The summed E-state index contributed by atoms with van der Waals surface area (Å²) >= 11 is 0. The van der Waals surface area contributed by atoms with Gasteiger partial charge >= 0.3 is 0 Å². The van der Waals surface area contributed by atoms with Crippen molar-refractivity contribution in [3.63, 3.8) is 0 Å². The van der Waals surface area contributed by atoms with E-state index in [0.717, 1.165) is 43.9 Å². The van der Waals surface area contributed by atoms with Gasteiger partial charge in [0.2, 0.25) is 5.89 Å². The van der Waals surface area contributed by atoms with Gasteiger partial charge in [0.1, 0.15) is 0 Å². The third-order valence-corrected chi connectivity index (χ3v) is 4.85. The van der Waals surface area contributed by atoms with Crippen LogP contribution in [-0.2, 0) is 12.8 Å². The molecule has 4 rings (SSSR count). The fourth-order valence-corrected chi connectivity index (χ4v) is 3.68. The van der Waals surface area contributed by atoms with Gasteiger partial charge in [-0.15, -0.1) is 0 Å². The van der Waals surface area contributed by atoms with Gasteiger partial charge in [-0.25, -0.2) is 0 Å². The molecule has 4 heteroatoms. The summed E-state index contributed by atoms with van der Waals surface area (Å²) in [6, 6.07) is 9.18. The van der Waals surface area contributed by atoms with Crippen LogP contribution in [0.4, 0.5) is 0 Å². The zero-order chi connectivity index (χ0) is 14.2. The average molecular weight is 283 g/mol. The van der Waals surface area contributed by atoms with Gasteiger partial charge in [0.25, 0.3) is 0 Å². The summed E-state index contributed by atoms with van der Waals surface area (Å²) in [7, 11) is 0. The minimum Gasteiger partial charge on any atom is -0.339 e. The summed E-state index contributed by atoms with van der Waals surface area (Å²) in [5.41, 5.74) is 2.87. The maximum absolute atomic E-state index is 5.57. The Balaban J connectivity index is 1.51. The number of nitrogens with zero attached hydrogens (tertiary/aromatic N) is 2. The van der Waals surface area contributed by atoms with Gasteiger partial charge in [-0.05, 0) is 50.3 Å². The predicted octanol–water partition coefficient (Wildman–Crippen LogP) is 2.81. The zero-order valence-corrected chi connectivity index (χ0v) is 12.4. The van der Waals surface area contributed by atoms with Crippen LogP contribution < -0.4 is 5.32 Å². The second-order valence-corrected chi connectivity index (χ2v) is 6.44. The van der Waals surface area contributed by atoms with Gasteiger partial charge in [-0.1, -0.05) is 29.4 Å². The van der Waals surface area contributed by atoms with E-state index in [-0.39, 0.29) is 0 Å². The Hall–Kier alpha value is -1.68. The summed E-state index contributed by atoms with van der Waals surface area (Å²) in [6.07, 6.45) is 4.26. The van der Waals surface area contributed by atoms with Crippen LogP contribution in [0.25, 0.3) is 0 Å². The highest BCUT2D eigenvalue weighted by atomic mass is 16.5. The number of fused-ring (bicyclic) bond motifs is 1. The fourth-order valence-electron chi connectivity index (χ4n) is 3.68. The van der Waals surface area contributed by atoms with Gasteiger partial charge in [-0.3, -0.25) is 0 Å². The van der Waals surface area contributed by atoms with Gasteiger partial charge in [0, 0.05) is 17.9 Å². The van der Waals surface area contributed by atoms with Gasteiger partial charge in [0.05, 0.1) is 0 Å². The molecule has 2 aliphatic rings. The quantitative estimate of drug-likeness (QED) is 0.921. The second kappa shape index (κ2) is 5.26. The van der Waals surface area contributed by atoms with Crippen molar-refractivity contribution in [2.75, 3.05) is 6.54 Å². The molecule has 1 N–H and O–H groups in total.